The van der Waals surface area contributed by atoms with E-state index in [4.69, 9.17) is 0 Å². The van der Waals surface area contributed by atoms with Crippen LogP contribution in [0, 0.1) is 10.1 Å². The second-order valence-corrected chi connectivity index (χ2v) is 5.00. The molecule has 0 unspecified atom stereocenters. The molecule has 6 heteroatoms. The van der Waals surface area contributed by atoms with E-state index < -0.39 is 4.92 Å². The van der Waals surface area contributed by atoms with Gasteiger partial charge in [0.2, 0.25) is 0 Å². The highest BCUT2D eigenvalue weighted by atomic mass is 16.6. The van der Waals surface area contributed by atoms with Gasteiger partial charge in [0.25, 0.3) is 5.69 Å². The van der Waals surface area contributed by atoms with E-state index in [1.54, 1.807) is 24.4 Å². The maximum atomic E-state index is 11.1. The number of nitrogens with zero attached hydrogens (tertiary/aromatic N) is 3. The molecular formula is C14H15N3O3. The van der Waals surface area contributed by atoms with Crippen molar-refractivity contribution in [2.24, 2.45) is 0 Å². The highest BCUT2D eigenvalue weighted by Gasteiger charge is 2.22. The van der Waals surface area contributed by atoms with Crippen molar-refractivity contribution in [3.8, 4) is 0 Å². The largest absolute Gasteiger partial charge is 0.391 e. The summed E-state index contributed by atoms with van der Waals surface area (Å²) in [5.41, 5.74) is 1.54. The second kappa shape index (κ2) is 5.05. The zero-order chi connectivity index (χ0) is 14.1. The Bertz CT molecular complexity index is 659. The first kappa shape index (κ1) is 12.8. The Labute approximate surface area is 115 Å². The minimum atomic E-state index is -0.390. The highest BCUT2D eigenvalue weighted by molar-refractivity contribution is 5.97. The summed E-state index contributed by atoms with van der Waals surface area (Å²) in [5.74, 6) is 0. The molecule has 1 aromatic carbocycles. The number of aliphatic hydroxyl groups excluding tert-OH is 1. The van der Waals surface area contributed by atoms with Gasteiger partial charge in [-0.25, -0.2) is 0 Å². The Morgan fingerprint density at radius 3 is 3.00 bits per heavy atom. The SMILES string of the molecule is O=[N+]([O-])c1ccc(N2CCC[C@H](O)C2)c2ncccc12. The van der Waals surface area contributed by atoms with Crippen LogP contribution in [0.5, 0.6) is 0 Å². The zero-order valence-corrected chi connectivity index (χ0v) is 10.9. The summed E-state index contributed by atoms with van der Waals surface area (Å²) in [4.78, 5) is 17.0. The van der Waals surface area contributed by atoms with Gasteiger partial charge in [0, 0.05) is 25.4 Å². The molecule has 1 saturated heterocycles. The van der Waals surface area contributed by atoms with Crippen LogP contribution in [-0.2, 0) is 0 Å². The van der Waals surface area contributed by atoms with Crippen LogP contribution < -0.4 is 4.90 Å². The molecule has 0 bridgehead atoms. The van der Waals surface area contributed by atoms with Crippen LogP contribution in [0.3, 0.4) is 0 Å². The van der Waals surface area contributed by atoms with Gasteiger partial charge in [-0.2, -0.15) is 0 Å². The van der Waals surface area contributed by atoms with Gasteiger partial charge in [0.1, 0.15) is 5.52 Å². The average molecular weight is 273 g/mol. The monoisotopic (exact) mass is 273 g/mol. The summed E-state index contributed by atoms with van der Waals surface area (Å²) in [5, 5.41) is 21.4. The number of β-amino-alcohol motifs (C(OH)–C–C–N with tert-alkyl or cyclic N) is 1. The minimum absolute atomic E-state index is 0.0643. The highest BCUT2D eigenvalue weighted by Crippen LogP contribution is 2.33. The first-order valence-corrected chi connectivity index (χ1v) is 6.62. The van der Waals surface area contributed by atoms with Crippen molar-refractivity contribution < 1.29 is 10.0 Å². The minimum Gasteiger partial charge on any atom is -0.391 e. The van der Waals surface area contributed by atoms with Crippen molar-refractivity contribution in [1.29, 1.82) is 0 Å². The number of hydrogen-bond donors (Lipinski definition) is 1. The predicted molar refractivity (Wildman–Crippen MR) is 75.9 cm³/mol. The number of pyridine rings is 1. The van der Waals surface area contributed by atoms with E-state index in [0.29, 0.717) is 17.4 Å². The van der Waals surface area contributed by atoms with Crippen molar-refractivity contribution in [2.45, 2.75) is 18.9 Å². The molecule has 1 atom stereocenters. The number of rotatable bonds is 2. The number of nitro groups is 1. The van der Waals surface area contributed by atoms with E-state index in [-0.39, 0.29) is 11.8 Å². The normalized spacial score (nSPS) is 19.2. The molecule has 6 nitrogen and oxygen atoms in total. The standard InChI is InChI=1S/C14H15N3O3/c18-10-3-2-8-16(9-10)13-6-5-12(17(19)20)11-4-1-7-15-14(11)13/h1,4-7,10,18H,2-3,8-9H2/t10-/m0/s1. The quantitative estimate of drug-likeness (QED) is 0.669. The zero-order valence-electron chi connectivity index (χ0n) is 10.9. The molecule has 0 aliphatic carbocycles. The molecule has 0 saturated carbocycles. The fraction of sp³-hybridized carbons (Fsp3) is 0.357. The second-order valence-electron chi connectivity index (χ2n) is 5.00. The summed E-state index contributed by atoms with van der Waals surface area (Å²) >= 11 is 0. The van der Waals surface area contributed by atoms with E-state index in [1.165, 1.54) is 6.07 Å². The van der Waals surface area contributed by atoms with Gasteiger partial charge in [-0.1, -0.05) is 0 Å². The molecule has 104 valence electrons. The third-order valence-corrected chi connectivity index (χ3v) is 3.66. The Balaban J connectivity index is 2.12. The van der Waals surface area contributed by atoms with Crippen LogP contribution in [0.15, 0.2) is 30.5 Å². The van der Waals surface area contributed by atoms with E-state index in [1.807, 2.05) is 4.90 Å². The lowest BCUT2D eigenvalue weighted by molar-refractivity contribution is -0.383. The molecule has 20 heavy (non-hydrogen) atoms. The molecule has 0 radical (unpaired) electrons. The topological polar surface area (TPSA) is 79.5 Å². The van der Waals surface area contributed by atoms with Crippen LogP contribution in [0.1, 0.15) is 12.8 Å². The fourth-order valence-corrected chi connectivity index (χ4v) is 2.73. The smallest absolute Gasteiger partial charge is 0.278 e. The molecule has 1 aliphatic rings. The van der Waals surface area contributed by atoms with Gasteiger partial charge >= 0.3 is 0 Å². The van der Waals surface area contributed by atoms with Crippen LogP contribution >= 0.6 is 0 Å². The third kappa shape index (κ3) is 2.18. The van der Waals surface area contributed by atoms with Gasteiger partial charge in [-0.3, -0.25) is 15.1 Å². The van der Waals surface area contributed by atoms with Crippen molar-refractivity contribution in [3.05, 3.63) is 40.6 Å². The Hall–Kier alpha value is -2.21. The number of aromatic nitrogens is 1. The van der Waals surface area contributed by atoms with Crippen molar-refractivity contribution in [1.82, 2.24) is 4.98 Å². The number of aliphatic hydroxyl groups is 1. The molecule has 2 aromatic rings. The molecule has 0 amide bonds. The number of nitro benzene ring substituents is 1. The van der Waals surface area contributed by atoms with E-state index in [0.717, 1.165) is 25.1 Å². The van der Waals surface area contributed by atoms with Gasteiger partial charge in [-0.15, -0.1) is 0 Å². The third-order valence-electron chi connectivity index (χ3n) is 3.66. The van der Waals surface area contributed by atoms with Gasteiger partial charge in [0.05, 0.1) is 22.1 Å². The van der Waals surface area contributed by atoms with Gasteiger partial charge < -0.3 is 10.0 Å². The molecular weight excluding hydrogens is 258 g/mol. The molecule has 1 fully saturated rings. The maximum absolute atomic E-state index is 11.1. The summed E-state index contributed by atoms with van der Waals surface area (Å²) in [6, 6.07) is 6.65. The molecule has 3 rings (SSSR count). The lowest BCUT2D eigenvalue weighted by Gasteiger charge is -2.32. The first-order chi connectivity index (χ1) is 9.66. The predicted octanol–water partition coefficient (Wildman–Crippen LogP) is 2.10. The summed E-state index contributed by atoms with van der Waals surface area (Å²) in [7, 11) is 0. The van der Waals surface area contributed by atoms with Crippen molar-refractivity contribution in [3.63, 3.8) is 0 Å². The molecule has 2 heterocycles. The van der Waals surface area contributed by atoms with Gasteiger partial charge in [0.15, 0.2) is 0 Å². The number of fused-ring (bicyclic) bond motifs is 1. The van der Waals surface area contributed by atoms with Crippen LogP contribution in [0.25, 0.3) is 10.9 Å². The molecule has 1 N–H and O–H groups in total. The number of hydrogen-bond acceptors (Lipinski definition) is 5. The fourth-order valence-electron chi connectivity index (χ4n) is 2.73. The van der Waals surface area contributed by atoms with Crippen LogP contribution in [0.4, 0.5) is 11.4 Å². The summed E-state index contributed by atoms with van der Waals surface area (Å²) in [6.45, 7) is 1.38. The summed E-state index contributed by atoms with van der Waals surface area (Å²) in [6.07, 6.45) is 3.00. The molecule has 0 spiro atoms. The van der Waals surface area contributed by atoms with Crippen molar-refractivity contribution in [2.75, 3.05) is 18.0 Å². The van der Waals surface area contributed by atoms with Crippen molar-refractivity contribution >= 4 is 22.3 Å². The molecule has 1 aromatic heterocycles. The van der Waals surface area contributed by atoms with E-state index >= 15 is 0 Å². The van der Waals surface area contributed by atoms with E-state index in [9.17, 15) is 15.2 Å². The number of anilines is 1. The summed E-state index contributed by atoms with van der Waals surface area (Å²) < 4.78 is 0. The number of piperidine rings is 1. The maximum Gasteiger partial charge on any atom is 0.278 e. The lowest BCUT2D eigenvalue weighted by Crippen LogP contribution is -2.38. The van der Waals surface area contributed by atoms with Crippen LogP contribution in [-0.4, -0.2) is 34.2 Å². The lowest BCUT2D eigenvalue weighted by atomic mass is 10.1. The van der Waals surface area contributed by atoms with E-state index in [2.05, 4.69) is 4.98 Å². The first-order valence-electron chi connectivity index (χ1n) is 6.62. The van der Waals surface area contributed by atoms with Gasteiger partial charge in [-0.05, 0) is 31.0 Å². The Morgan fingerprint density at radius 2 is 2.25 bits per heavy atom. The van der Waals surface area contributed by atoms with Crippen LogP contribution in [0.2, 0.25) is 0 Å². The Morgan fingerprint density at radius 1 is 1.40 bits per heavy atom. The average Bonchev–Trinajstić information content (AvgIpc) is 2.46. The Kier molecular flexibility index (Phi) is 3.23. The molecule has 1 aliphatic heterocycles. The number of benzene rings is 1. The number of non-ortho nitro benzene ring substituents is 1.